The molecule has 24 heavy (non-hydrogen) atoms. The molecule has 1 aromatic heterocycles. The van der Waals surface area contributed by atoms with E-state index in [4.69, 9.17) is 4.52 Å². The van der Waals surface area contributed by atoms with Crippen LogP contribution in [0.15, 0.2) is 65.2 Å². The molecule has 0 unspecified atom stereocenters. The zero-order valence-electron chi connectivity index (χ0n) is 13.6. The van der Waals surface area contributed by atoms with Gasteiger partial charge in [-0.15, -0.1) is 0 Å². The molecule has 0 fully saturated rings. The van der Waals surface area contributed by atoms with Crippen LogP contribution >= 0.6 is 0 Å². The lowest BCUT2D eigenvalue weighted by Gasteiger charge is -2.19. The number of amides is 1. The first-order chi connectivity index (χ1) is 11.6. The van der Waals surface area contributed by atoms with Gasteiger partial charge in [0.1, 0.15) is 11.8 Å². The van der Waals surface area contributed by atoms with E-state index in [1.807, 2.05) is 61.5 Å². The van der Waals surface area contributed by atoms with Gasteiger partial charge in [-0.2, -0.15) is 0 Å². The second kappa shape index (κ2) is 7.00. The van der Waals surface area contributed by atoms with Crippen LogP contribution in [0.5, 0.6) is 0 Å². The van der Waals surface area contributed by atoms with Crippen LogP contribution in [-0.4, -0.2) is 11.1 Å². The smallest absolute Gasteiger partial charge is 0.252 e. The molecule has 0 saturated heterocycles. The first-order valence-electron chi connectivity index (χ1n) is 7.74. The van der Waals surface area contributed by atoms with Crippen molar-refractivity contribution in [2.24, 2.45) is 0 Å². The second-order valence-electron chi connectivity index (χ2n) is 5.67. The van der Waals surface area contributed by atoms with Gasteiger partial charge in [0.15, 0.2) is 5.82 Å². The summed E-state index contributed by atoms with van der Waals surface area (Å²) in [6.45, 7) is 3.81. The van der Waals surface area contributed by atoms with E-state index in [9.17, 15) is 4.79 Å². The summed E-state index contributed by atoms with van der Waals surface area (Å²) < 4.78 is 5.00. The molecule has 2 aromatic carbocycles. The number of anilines is 2. The maximum absolute atomic E-state index is 12.7. The van der Waals surface area contributed by atoms with Crippen LogP contribution in [0.1, 0.15) is 22.9 Å². The molecule has 3 rings (SSSR count). The first kappa shape index (κ1) is 15.8. The molecular weight excluding hydrogens is 302 g/mol. The third-order valence-corrected chi connectivity index (χ3v) is 3.64. The molecule has 5 nitrogen and oxygen atoms in total. The van der Waals surface area contributed by atoms with Crippen molar-refractivity contribution in [1.82, 2.24) is 5.16 Å². The Morgan fingerprint density at radius 3 is 2.38 bits per heavy atom. The Kier molecular flexibility index (Phi) is 4.61. The molecule has 122 valence electrons. The van der Waals surface area contributed by atoms with Gasteiger partial charge in [0.25, 0.3) is 5.91 Å². The number of benzene rings is 2. The maximum atomic E-state index is 12.7. The van der Waals surface area contributed by atoms with E-state index in [0.29, 0.717) is 11.6 Å². The van der Waals surface area contributed by atoms with Crippen molar-refractivity contribution in [2.75, 3.05) is 10.6 Å². The molecule has 2 N–H and O–H groups in total. The van der Waals surface area contributed by atoms with E-state index in [-0.39, 0.29) is 5.91 Å². The van der Waals surface area contributed by atoms with Gasteiger partial charge in [0, 0.05) is 11.8 Å². The average Bonchev–Trinajstić information content (AvgIpc) is 3.00. The molecule has 0 bridgehead atoms. The fourth-order valence-electron chi connectivity index (χ4n) is 2.39. The summed E-state index contributed by atoms with van der Waals surface area (Å²) in [5.74, 6) is 0.854. The van der Waals surface area contributed by atoms with Crippen molar-refractivity contribution in [3.63, 3.8) is 0 Å². The van der Waals surface area contributed by atoms with Gasteiger partial charge >= 0.3 is 0 Å². The molecule has 3 aromatic rings. The number of carbonyl (C=O) groups is 1. The number of nitrogens with zero attached hydrogens (tertiary/aromatic N) is 1. The number of hydrogen-bond acceptors (Lipinski definition) is 4. The Morgan fingerprint density at radius 2 is 1.75 bits per heavy atom. The number of aromatic nitrogens is 1. The quantitative estimate of drug-likeness (QED) is 0.743. The number of rotatable bonds is 5. The Bertz CT molecular complexity index is 810. The van der Waals surface area contributed by atoms with Crippen LogP contribution in [-0.2, 0) is 4.79 Å². The van der Waals surface area contributed by atoms with E-state index in [0.717, 1.165) is 11.3 Å². The lowest BCUT2D eigenvalue weighted by molar-refractivity contribution is -0.117. The number of carbonyl (C=O) groups excluding carboxylic acids is 1. The van der Waals surface area contributed by atoms with E-state index in [2.05, 4.69) is 15.8 Å². The van der Waals surface area contributed by atoms with E-state index in [1.54, 1.807) is 13.0 Å². The van der Waals surface area contributed by atoms with Crippen molar-refractivity contribution in [3.8, 4) is 0 Å². The molecule has 5 heteroatoms. The van der Waals surface area contributed by atoms with Gasteiger partial charge in [-0.1, -0.05) is 53.2 Å². The van der Waals surface area contributed by atoms with Crippen LogP contribution < -0.4 is 10.6 Å². The first-order valence-corrected chi connectivity index (χ1v) is 7.74. The highest BCUT2D eigenvalue weighted by molar-refractivity contribution is 5.96. The van der Waals surface area contributed by atoms with Crippen molar-refractivity contribution in [1.29, 1.82) is 0 Å². The average molecular weight is 321 g/mol. The monoisotopic (exact) mass is 321 g/mol. The molecule has 1 heterocycles. The van der Waals surface area contributed by atoms with Crippen molar-refractivity contribution in [2.45, 2.75) is 19.9 Å². The van der Waals surface area contributed by atoms with Gasteiger partial charge in [0.2, 0.25) is 0 Å². The fourth-order valence-corrected chi connectivity index (χ4v) is 2.39. The highest BCUT2D eigenvalue weighted by atomic mass is 16.5. The third kappa shape index (κ3) is 3.81. The summed E-state index contributed by atoms with van der Waals surface area (Å²) in [5, 5.41) is 9.88. The summed E-state index contributed by atoms with van der Waals surface area (Å²) in [6.07, 6.45) is 0. The zero-order chi connectivity index (χ0) is 16.9. The molecule has 0 aliphatic heterocycles. The predicted octanol–water partition coefficient (Wildman–Crippen LogP) is 4.08. The summed E-state index contributed by atoms with van der Waals surface area (Å²) in [4.78, 5) is 12.7. The maximum Gasteiger partial charge on any atom is 0.252 e. The van der Waals surface area contributed by atoms with Gasteiger partial charge in [-0.05, 0) is 31.5 Å². The fraction of sp³-hybridized carbons (Fsp3) is 0.158. The topological polar surface area (TPSA) is 67.2 Å². The normalized spacial score (nSPS) is 11.8. The molecule has 1 atom stereocenters. The van der Waals surface area contributed by atoms with Gasteiger partial charge in [-0.3, -0.25) is 4.79 Å². The zero-order valence-corrected chi connectivity index (χ0v) is 13.6. The highest BCUT2D eigenvalue weighted by Crippen LogP contribution is 2.22. The summed E-state index contributed by atoms with van der Waals surface area (Å²) in [7, 11) is 0. The standard InChI is InChI=1S/C19H19N3O2/c1-13-8-10-16(11-9-13)20-18(15-6-4-3-5-7-15)19(23)21-17-12-14(2)24-22-17/h3-12,18,20H,1-2H3,(H,21,22,23)/t18-/m0/s1. The highest BCUT2D eigenvalue weighted by Gasteiger charge is 2.21. The lowest BCUT2D eigenvalue weighted by atomic mass is 10.1. The Morgan fingerprint density at radius 1 is 1.04 bits per heavy atom. The molecular formula is C19H19N3O2. The van der Waals surface area contributed by atoms with Gasteiger partial charge in [-0.25, -0.2) is 0 Å². The van der Waals surface area contributed by atoms with Gasteiger partial charge < -0.3 is 15.2 Å². The lowest BCUT2D eigenvalue weighted by Crippen LogP contribution is -2.27. The Labute approximate surface area is 140 Å². The van der Waals surface area contributed by atoms with Crippen LogP contribution in [0, 0.1) is 13.8 Å². The third-order valence-electron chi connectivity index (χ3n) is 3.64. The Hall–Kier alpha value is -3.08. The number of hydrogen-bond donors (Lipinski definition) is 2. The largest absolute Gasteiger partial charge is 0.370 e. The van der Waals surface area contributed by atoms with Crippen LogP contribution in [0.25, 0.3) is 0 Å². The second-order valence-corrected chi connectivity index (χ2v) is 5.67. The summed E-state index contributed by atoms with van der Waals surface area (Å²) in [5.41, 5.74) is 2.91. The number of aryl methyl sites for hydroxylation is 2. The van der Waals surface area contributed by atoms with Crippen molar-refractivity contribution < 1.29 is 9.32 Å². The predicted molar refractivity (Wildman–Crippen MR) is 93.9 cm³/mol. The van der Waals surface area contributed by atoms with Crippen LogP contribution in [0.3, 0.4) is 0 Å². The van der Waals surface area contributed by atoms with Crippen molar-refractivity contribution >= 4 is 17.4 Å². The molecule has 0 spiro atoms. The minimum Gasteiger partial charge on any atom is -0.370 e. The summed E-state index contributed by atoms with van der Waals surface area (Å²) >= 11 is 0. The van der Waals surface area contributed by atoms with Gasteiger partial charge in [0.05, 0.1) is 0 Å². The molecule has 0 radical (unpaired) electrons. The molecule has 1 amide bonds. The van der Waals surface area contributed by atoms with E-state index >= 15 is 0 Å². The van der Waals surface area contributed by atoms with Crippen LogP contribution in [0.2, 0.25) is 0 Å². The molecule has 0 aliphatic rings. The van der Waals surface area contributed by atoms with Crippen LogP contribution in [0.4, 0.5) is 11.5 Å². The summed E-state index contributed by atoms with van der Waals surface area (Å²) in [6, 6.07) is 18.6. The SMILES string of the molecule is Cc1ccc(N[C@H](C(=O)Nc2cc(C)on2)c2ccccc2)cc1. The van der Waals surface area contributed by atoms with E-state index < -0.39 is 6.04 Å². The van der Waals surface area contributed by atoms with E-state index in [1.165, 1.54) is 5.56 Å². The minimum atomic E-state index is -0.536. The molecule has 0 aliphatic carbocycles. The van der Waals surface area contributed by atoms with Crippen molar-refractivity contribution in [3.05, 3.63) is 77.6 Å². The molecule has 0 saturated carbocycles. The number of nitrogens with one attached hydrogen (secondary N) is 2. The Balaban J connectivity index is 1.84. The minimum absolute atomic E-state index is 0.199.